The maximum atomic E-state index is 12.2. The highest BCUT2D eigenvalue weighted by atomic mass is 32.2. The number of ether oxygens (including phenoxy) is 1. The molecule has 1 aliphatic heterocycles. The molecule has 9 heteroatoms. The molecule has 0 aliphatic carbocycles. The summed E-state index contributed by atoms with van der Waals surface area (Å²) in [4.78, 5) is 23.5. The van der Waals surface area contributed by atoms with Gasteiger partial charge >= 0.3 is 5.97 Å². The van der Waals surface area contributed by atoms with Crippen LogP contribution in [0.4, 0.5) is 0 Å². The van der Waals surface area contributed by atoms with Gasteiger partial charge in [0.1, 0.15) is 17.7 Å². The van der Waals surface area contributed by atoms with Crippen LogP contribution in [0.2, 0.25) is 0 Å². The van der Waals surface area contributed by atoms with Crippen molar-refractivity contribution in [1.29, 1.82) is 5.26 Å². The lowest BCUT2D eigenvalue weighted by Crippen LogP contribution is -2.26. The molecule has 8 nitrogen and oxygen atoms in total. The number of hydrogen-bond donors (Lipinski definition) is 1. The van der Waals surface area contributed by atoms with Crippen molar-refractivity contribution < 1.29 is 18.9 Å². The van der Waals surface area contributed by atoms with Crippen molar-refractivity contribution in [2.24, 2.45) is 5.73 Å². The van der Waals surface area contributed by atoms with E-state index in [2.05, 4.69) is 0 Å². The van der Waals surface area contributed by atoms with Crippen LogP contribution in [0.15, 0.2) is 37.8 Å². The van der Waals surface area contributed by atoms with Crippen LogP contribution >= 0.6 is 11.8 Å². The predicted octanol–water partition coefficient (Wildman–Crippen LogP) is 2.22. The van der Waals surface area contributed by atoms with Gasteiger partial charge in [0, 0.05) is 0 Å². The lowest BCUT2D eigenvalue weighted by molar-refractivity contribution is -0.430. The Kier molecular flexibility index (Phi) is 4.76. The Morgan fingerprint density at radius 3 is 2.83 bits per heavy atom. The number of allylic oxidation sites excluding steroid dienone is 2. The summed E-state index contributed by atoms with van der Waals surface area (Å²) in [6.07, 6.45) is 0. The second kappa shape index (κ2) is 6.58. The molecular formula is C14H13N3O5S. The number of furan rings is 1. The molecule has 120 valence electrons. The maximum Gasteiger partial charge on any atom is 0.338 e. The minimum atomic E-state index is -1.12. The highest BCUT2D eigenvalue weighted by Gasteiger charge is 2.43. The van der Waals surface area contributed by atoms with Crippen molar-refractivity contribution in [1.82, 2.24) is 0 Å². The van der Waals surface area contributed by atoms with E-state index in [1.165, 1.54) is 12.1 Å². The van der Waals surface area contributed by atoms with E-state index in [4.69, 9.17) is 20.1 Å². The monoisotopic (exact) mass is 335 g/mol. The van der Waals surface area contributed by atoms with Crippen LogP contribution in [0.25, 0.3) is 0 Å². The second-order valence-corrected chi connectivity index (χ2v) is 5.80. The number of hydrogen-bond acceptors (Lipinski definition) is 8. The third-order valence-electron chi connectivity index (χ3n) is 3.16. The lowest BCUT2D eigenvalue weighted by Gasteiger charge is -2.22. The first kappa shape index (κ1) is 16.6. The van der Waals surface area contributed by atoms with Crippen LogP contribution in [0.3, 0.4) is 0 Å². The van der Waals surface area contributed by atoms with Crippen LogP contribution in [0.5, 0.6) is 0 Å². The van der Waals surface area contributed by atoms with Crippen LogP contribution in [0.1, 0.15) is 31.3 Å². The number of esters is 1. The highest BCUT2D eigenvalue weighted by molar-refractivity contribution is 8.06. The molecule has 2 heterocycles. The predicted molar refractivity (Wildman–Crippen MR) is 81.3 cm³/mol. The van der Waals surface area contributed by atoms with Gasteiger partial charge in [0.05, 0.1) is 27.0 Å². The summed E-state index contributed by atoms with van der Waals surface area (Å²) in [5.41, 5.74) is 5.64. The molecule has 1 aromatic heterocycles. The highest BCUT2D eigenvalue weighted by Crippen LogP contribution is 2.45. The number of thioether (sulfide) groups is 1. The molecule has 1 aliphatic rings. The molecule has 0 spiro atoms. The number of rotatable bonds is 4. The number of carbonyl (C=O) groups excluding carboxylic acids is 1. The molecule has 1 unspecified atom stereocenters. The molecular weight excluding hydrogens is 322 g/mol. The minimum absolute atomic E-state index is 0.0136. The molecule has 0 fully saturated rings. The third-order valence-corrected chi connectivity index (χ3v) is 4.12. The molecule has 1 aromatic rings. The fourth-order valence-electron chi connectivity index (χ4n) is 2.26. The van der Waals surface area contributed by atoms with Gasteiger partial charge in [-0.1, -0.05) is 11.8 Å². The van der Waals surface area contributed by atoms with Gasteiger partial charge in [-0.25, -0.2) is 4.79 Å². The van der Waals surface area contributed by atoms with Crippen molar-refractivity contribution in [3.63, 3.8) is 0 Å². The number of nitrogens with zero attached hydrogens (tertiary/aromatic N) is 2. The van der Waals surface area contributed by atoms with E-state index in [0.717, 1.165) is 11.8 Å². The van der Waals surface area contributed by atoms with Crippen molar-refractivity contribution >= 4 is 17.7 Å². The topological polar surface area (TPSA) is 132 Å². The summed E-state index contributed by atoms with van der Waals surface area (Å²) < 4.78 is 10.3. The number of nitro groups is 1. The summed E-state index contributed by atoms with van der Waals surface area (Å²) in [6, 6.07) is 4.60. The van der Waals surface area contributed by atoms with Gasteiger partial charge in [0.2, 0.25) is 5.76 Å². The van der Waals surface area contributed by atoms with Crippen LogP contribution in [0, 0.1) is 21.4 Å². The Morgan fingerprint density at radius 1 is 1.61 bits per heavy atom. The van der Waals surface area contributed by atoms with Crippen LogP contribution in [-0.2, 0) is 9.53 Å². The first-order chi connectivity index (χ1) is 10.9. The summed E-state index contributed by atoms with van der Waals surface area (Å²) in [7, 11) is 0. The molecule has 23 heavy (non-hydrogen) atoms. The maximum absolute atomic E-state index is 12.2. The SMILES string of the molecule is CCOC(=O)C1=C(N)SC(C)=C([N+](=O)[O-])C1c1ccc(C#N)o1. The van der Waals surface area contributed by atoms with Crippen molar-refractivity contribution in [2.45, 2.75) is 19.8 Å². The molecule has 0 bridgehead atoms. The molecule has 0 saturated heterocycles. The first-order valence-electron chi connectivity index (χ1n) is 6.60. The first-order valence-corrected chi connectivity index (χ1v) is 7.41. The van der Waals surface area contributed by atoms with Gasteiger partial charge in [0.25, 0.3) is 5.70 Å². The Morgan fingerprint density at radius 2 is 2.30 bits per heavy atom. The molecule has 0 amide bonds. The normalized spacial score (nSPS) is 17.9. The largest absolute Gasteiger partial charge is 0.463 e. The van der Waals surface area contributed by atoms with Crippen LogP contribution in [-0.4, -0.2) is 17.5 Å². The fourth-order valence-corrected chi connectivity index (χ4v) is 3.20. The Balaban J connectivity index is 2.63. The van der Waals surface area contributed by atoms with Gasteiger partial charge in [-0.05, 0) is 26.0 Å². The molecule has 1 atom stereocenters. The van der Waals surface area contributed by atoms with E-state index in [0.29, 0.717) is 4.91 Å². The average molecular weight is 335 g/mol. The van der Waals surface area contributed by atoms with E-state index in [1.807, 2.05) is 0 Å². The molecule has 2 N–H and O–H groups in total. The summed E-state index contributed by atoms with van der Waals surface area (Å²) in [5, 5.41) is 20.5. The van der Waals surface area contributed by atoms with E-state index in [9.17, 15) is 14.9 Å². The minimum Gasteiger partial charge on any atom is -0.463 e. The summed E-state index contributed by atoms with van der Waals surface area (Å²) in [6.45, 7) is 3.26. The van der Waals surface area contributed by atoms with Gasteiger partial charge in [-0.2, -0.15) is 5.26 Å². The zero-order valence-corrected chi connectivity index (χ0v) is 13.2. The van der Waals surface area contributed by atoms with Gasteiger partial charge in [0.15, 0.2) is 0 Å². The van der Waals surface area contributed by atoms with Gasteiger partial charge < -0.3 is 14.9 Å². The summed E-state index contributed by atoms with van der Waals surface area (Å²) in [5.74, 6) is -1.78. The smallest absolute Gasteiger partial charge is 0.338 e. The van der Waals surface area contributed by atoms with Crippen LogP contribution < -0.4 is 5.73 Å². The molecule has 0 saturated carbocycles. The number of nitrogens with two attached hydrogens (primary N) is 1. The van der Waals surface area contributed by atoms with Crippen molar-refractivity contribution in [2.75, 3.05) is 6.61 Å². The lowest BCUT2D eigenvalue weighted by atomic mass is 9.92. The van der Waals surface area contributed by atoms with E-state index in [-0.39, 0.29) is 34.4 Å². The Bertz CT molecular complexity index is 772. The fraction of sp³-hybridized carbons (Fsp3) is 0.286. The third kappa shape index (κ3) is 3.07. The number of carbonyl (C=O) groups is 1. The van der Waals surface area contributed by atoms with E-state index >= 15 is 0 Å². The average Bonchev–Trinajstić information content (AvgIpc) is 2.94. The van der Waals surface area contributed by atoms with Crippen molar-refractivity contribution in [3.05, 3.63) is 55.0 Å². The number of nitriles is 1. The molecule has 2 rings (SSSR count). The van der Waals surface area contributed by atoms with Crippen molar-refractivity contribution in [3.8, 4) is 6.07 Å². The zero-order chi connectivity index (χ0) is 17.1. The van der Waals surface area contributed by atoms with E-state index in [1.54, 1.807) is 19.9 Å². The molecule has 0 radical (unpaired) electrons. The second-order valence-electron chi connectivity index (χ2n) is 4.55. The summed E-state index contributed by atoms with van der Waals surface area (Å²) >= 11 is 0.939. The van der Waals surface area contributed by atoms with E-state index < -0.39 is 16.8 Å². The molecule has 0 aromatic carbocycles. The van der Waals surface area contributed by atoms with Gasteiger partial charge in [-0.15, -0.1) is 0 Å². The Hall–Kier alpha value is -2.73. The zero-order valence-electron chi connectivity index (χ0n) is 12.4. The quantitative estimate of drug-likeness (QED) is 0.503. The standard InChI is InChI=1S/C14H13N3O5S/c1-3-21-14(18)11-10(9-5-4-8(6-15)22-9)12(17(19)20)7(2)23-13(11)16/h4-5,10H,3,16H2,1-2H3. The Labute approximate surface area is 135 Å². The van der Waals surface area contributed by atoms with Gasteiger partial charge in [-0.3, -0.25) is 10.1 Å².